The number of hydrogen-bond acceptors (Lipinski definition) is 7. The molecule has 0 aromatic heterocycles. The first-order valence-electron chi connectivity index (χ1n) is 8.27. The zero-order valence-electron chi connectivity index (χ0n) is 15.2. The Morgan fingerprint density at radius 2 is 1.74 bits per heavy atom. The summed E-state index contributed by atoms with van der Waals surface area (Å²) in [6, 6.07) is 0. The number of carbonyl (C=O) groups excluding carboxylic acids is 2. The second-order valence-corrected chi connectivity index (χ2v) is 8.63. The predicted molar refractivity (Wildman–Crippen MR) is 85.6 cm³/mol. The lowest BCUT2D eigenvalue weighted by atomic mass is 9.97. The van der Waals surface area contributed by atoms with E-state index in [-0.39, 0.29) is 25.9 Å². The number of piperidine rings is 1. The Hall–Kier alpha value is -1.56. The van der Waals surface area contributed by atoms with Gasteiger partial charge in [-0.1, -0.05) is 0 Å². The van der Waals surface area contributed by atoms with Crippen molar-refractivity contribution in [2.45, 2.75) is 57.1 Å². The van der Waals surface area contributed by atoms with Gasteiger partial charge in [0, 0.05) is 19.5 Å². The van der Waals surface area contributed by atoms with Crippen molar-refractivity contribution in [1.82, 2.24) is 4.90 Å². The average molecular weight is 418 g/mol. The van der Waals surface area contributed by atoms with E-state index in [2.05, 4.69) is 0 Å². The van der Waals surface area contributed by atoms with Gasteiger partial charge in [-0.25, -0.2) is 17.6 Å². The lowest BCUT2D eigenvalue weighted by Crippen LogP contribution is -2.43. The predicted octanol–water partition coefficient (Wildman–Crippen LogP) is 2.04. The number of likely N-dealkylation sites (tertiary alicyclic amines) is 1. The highest BCUT2D eigenvalue weighted by Gasteiger charge is 2.47. The van der Waals surface area contributed by atoms with Crippen LogP contribution in [0.15, 0.2) is 0 Å². The molecule has 0 aromatic carbocycles. The largest absolute Gasteiger partial charge is 0.743 e. The average Bonchev–Trinajstić information content (AvgIpc) is 2.52. The monoisotopic (exact) mass is 418 g/mol. The van der Waals surface area contributed by atoms with Crippen LogP contribution in [0.1, 0.15) is 40.0 Å². The number of esters is 1. The Kier molecular flexibility index (Phi) is 7.51. The summed E-state index contributed by atoms with van der Waals surface area (Å²) in [5.74, 6) is -1.37. The van der Waals surface area contributed by atoms with E-state index < -0.39 is 58.2 Å². The van der Waals surface area contributed by atoms with Crippen molar-refractivity contribution in [3.8, 4) is 0 Å². The normalized spacial score (nSPS) is 18.1. The quantitative estimate of drug-likeness (QED) is 0.479. The highest BCUT2D eigenvalue weighted by Crippen LogP contribution is 2.29. The van der Waals surface area contributed by atoms with Gasteiger partial charge in [0.1, 0.15) is 5.60 Å². The van der Waals surface area contributed by atoms with E-state index in [1.807, 2.05) is 0 Å². The highest BCUT2D eigenvalue weighted by atomic mass is 32.2. The fourth-order valence-corrected chi connectivity index (χ4v) is 2.76. The van der Waals surface area contributed by atoms with Crippen LogP contribution in [0, 0.1) is 5.92 Å². The minimum atomic E-state index is -6.15. The zero-order chi connectivity index (χ0) is 21.0. The molecule has 1 rings (SSSR count). The molecule has 0 N–H and O–H groups in total. The molecular formula is C15H23F3NO7S-. The van der Waals surface area contributed by atoms with Crippen LogP contribution >= 0.6 is 0 Å². The van der Waals surface area contributed by atoms with E-state index in [0.29, 0.717) is 0 Å². The summed E-state index contributed by atoms with van der Waals surface area (Å²) in [5.41, 5.74) is -0.657. The van der Waals surface area contributed by atoms with Gasteiger partial charge in [0.05, 0.1) is 12.5 Å². The van der Waals surface area contributed by atoms with Gasteiger partial charge in [0.2, 0.25) is 0 Å². The Balaban J connectivity index is 2.41. The van der Waals surface area contributed by atoms with Gasteiger partial charge in [0.25, 0.3) is 0 Å². The van der Waals surface area contributed by atoms with Crippen LogP contribution in [0.5, 0.6) is 0 Å². The third-order valence-electron chi connectivity index (χ3n) is 3.79. The third kappa shape index (κ3) is 6.83. The number of amides is 1. The van der Waals surface area contributed by atoms with Crippen molar-refractivity contribution in [1.29, 1.82) is 0 Å². The molecule has 0 aromatic rings. The second kappa shape index (κ2) is 8.63. The minimum absolute atomic E-state index is 0.229. The molecule has 1 heterocycles. The van der Waals surface area contributed by atoms with Crippen LogP contribution < -0.4 is 0 Å². The lowest BCUT2D eigenvalue weighted by Gasteiger charge is -2.32. The Morgan fingerprint density at radius 1 is 1.22 bits per heavy atom. The summed E-state index contributed by atoms with van der Waals surface area (Å²) in [6.45, 7) is 4.82. The highest BCUT2D eigenvalue weighted by molar-refractivity contribution is 7.86. The van der Waals surface area contributed by atoms with E-state index in [9.17, 15) is 35.7 Å². The van der Waals surface area contributed by atoms with Gasteiger partial charge in [-0.3, -0.25) is 4.79 Å². The molecule has 1 aliphatic rings. The summed E-state index contributed by atoms with van der Waals surface area (Å²) >= 11 is 0. The van der Waals surface area contributed by atoms with Crippen LogP contribution in [0.2, 0.25) is 0 Å². The number of ether oxygens (including phenoxy) is 2. The molecule has 0 saturated carbocycles. The van der Waals surface area contributed by atoms with Gasteiger partial charge in [-0.2, -0.15) is 8.78 Å². The molecule has 0 spiro atoms. The van der Waals surface area contributed by atoms with Crippen LogP contribution in [0.25, 0.3) is 0 Å². The van der Waals surface area contributed by atoms with Crippen molar-refractivity contribution in [3.05, 3.63) is 0 Å². The summed E-state index contributed by atoms with van der Waals surface area (Å²) in [6.07, 6.45) is -4.42. The lowest BCUT2D eigenvalue weighted by molar-refractivity contribution is -0.151. The van der Waals surface area contributed by atoms with Gasteiger partial charge < -0.3 is 18.9 Å². The van der Waals surface area contributed by atoms with E-state index in [1.165, 1.54) is 4.90 Å². The maximum absolute atomic E-state index is 13.3. The molecule has 1 amide bonds. The fraction of sp³-hybridized carbons (Fsp3) is 0.867. The van der Waals surface area contributed by atoms with Crippen LogP contribution in [-0.4, -0.2) is 66.7 Å². The molecule has 1 atom stereocenters. The number of alkyl halides is 3. The molecule has 0 aliphatic carbocycles. The van der Waals surface area contributed by atoms with Crippen molar-refractivity contribution in [2.24, 2.45) is 5.92 Å². The molecule has 1 aliphatic heterocycles. The maximum atomic E-state index is 13.3. The first-order chi connectivity index (χ1) is 12.1. The molecule has 1 unspecified atom stereocenters. The van der Waals surface area contributed by atoms with Crippen molar-refractivity contribution in [3.63, 3.8) is 0 Å². The number of nitrogens with zero attached hydrogens (tertiary/aromatic N) is 1. The van der Waals surface area contributed by atoms with Gasteiger partial charge >= 0.3 is 17.3 Å². The van der Waals surface area contributed by atoms with Crippen LogP contribution in [0.3, 0.4) is 0 Å². The molecule has 158 valence electrons. The van der Waals surface area contributed by atoms with E-state index in [4.69, 9.17) is 9.47 Å². The summed E-state index contributed by atoms with van der Waals surface area (Å²) < 4.78 is 80.1. The topological polar surface area (TPSA) is 113 Å². The van der Waals surface area contributed by atoms with Crippen molar-refractivity contribution in [2.75, 3.05) is 19.7 Å². The first-order valence-corrected chi connectivity index (χ1v) is 9.68. The van der Waals surface area contributed by atoms with Crippen molar-refractivity contribution < 1.29 is 45.2 Å². The smallest absolute Gasteiger partial charge is 0.410 e. The van der Waals surface area contributed by atoms with Crippen LogP contribution in [-0.2, 0) is 24.4 Å². The minimum Gasteiger partial charge on any atom is -0.743 e. The van der Waals surface area contributed by atoms with Crippen molar-refractivity contribution >= 4 is 22.2 Å². The van der Waals surface area contributed by atoms with Gasteiger partial charge in [0.15, 0.2) is 16.3 Å². The number of rotatable bonds is 6. The Labute approximate surface area is 155 Å². The molecule has 8 nitrogen and oxygen atoms in total. The summed E-state index contributed by atoms with van der Waals surface area (Å²) in [7, 11) is -6.15. The number of carbonyl (C=O) groups is 2. The SMILES string of the molecule is CC(C)(C)OC(=O)N1CCC(C(=O)OCCC(F)C(F)(F)S(=O)(=O)[O-])CC1. The zero-order valence-corrected chi connectivity index (χ0v) is 16.1. The molecule has 0 radical (unpaired) electrons. The molecular weight excluding hydrogens is 395 g/mol. The van der Waals surface area contributed by atoms with E-state index >= 15 is 0 Å². The van der Waals surface area contributed by atoms with Gasteiger partial charge in [-0.15, -0.1) is 0 Å². The first kappa shape index (κ1) is 23.5. The molecule has 12 heteroatoms. The van der Waals surface area contributed by atoms with E-state index in [0.717, 1.165) is 0 Å². The van der Waals surface area contributed by atoms with E-state index in [1.54, 1.807) is 20.8 Å². The maximum Gasteiger partial charge on any atom is 0.410 e. The Bertz CT molecular complexity index is 640. The standard InChI is InChI=1S/C15H24F3NO7S/c1-14(2,3)26-13(21)19-7-4-10(5-8-19)12(20)25-9-6-11(16)15(17,18)27(22,23)24/h10-11H,4-9H2,1-3H3,(H,22,23,24)/p-1. The molecule has 27 heavy (non-hydrogen) atoms. The molecule has 1 saturated heterocycles. The third-order valence-corrected chi connectivity index (χ3v) is 4.72. The molecule has 0 bridgehead atoms. The Morgan fingerprint density at radius 3 is 2.19 bits per heavy atom. The number of hydrogen-bond donors (Lipinski definition) is 0. The number of halogens is 3. The fourth-order valence-electron chi connectivity index (χ4n) is 2.33. The van der Waals surface area contributed by atoms with Gasteiger partial charge in [-0.05, 0) is 33.6 Å². The van der Waals surface area contributed by atoms with Crippen LogP contribution in [0.4, 0.5) is 18.0 Å². The molecule has 1 fully saturated rings. The summed E-state index contributed by atoms with van der Waals surface area (Å²) in [4.78, 5) is 25.2. The second-order valence-electron chi connectivity index (χ2n) is 7.18. The summed E-state index contributed by atoms with van der Waals surface area (Å²) in [5, 5.41) is -5.09.